The number of fused-ring (bicyclic) bond motifs is 1. The van der Waals surface area contributed by atoms with Crippen LogP contribution in [-0.4, -0.2) is 18.4 Å². The minimum absolute atomic E-state index is 0.121. The van der Waals surface area contributed by atoms with Crippen molar-refractivity contribution in [3.8, 4) is 0 Å². The highest BCUT2D eigenvalue weighted by atomic mass is 32.1. The van der Waals surface area contributed by atoms with Crippen molar-refractivity contribution in [1.82, 2.24) is 0 Å². The number of aryl methyl sites for hydroxylation is 1. The molecular formula is C13H16N2O2S. The normalized spacial score (nSPS) is 19.1. The Labute approximate surface area is 110 Å². The van der Waals surface area contributed by atoms with Gasteiger partial charge in [0, 0.05) is 17.8 Å². The molecule has 0 radical (unpaired) electrons. The second kappa shape index (κ2) is 4.39. The van der Waals surface area contributed by atoms with Crippen LogP contribution in [0.15, 0.2) is 0 Å². The van der Waals surface area contributed by atoms with Gasteiger partial charge in [0.25, 0.3) is 5.91 Å². The largest absolute Gasteiger partial charge is 0.365 e. The molecule has 0 spiro atoms. The lowest BCUT2D eigenvalue weighted by Gasteiger charge is -2.15. The molecule has 96 valence electrons. The number of hydrogen-bond donors (Lipinski definition) is 1. The number of thiophene rings is 1. The van der Waals surface area contributed by atoms with Crippen molar-refractivity contribution >= 4 is 28.2 Å². The van der Waals surface area contributed by atoms with Crippen molar-refractivity contribution in [2.75, 3.05) is 11.4 Å². The first-order valence-electron chi connectivity index (χ1n) is 6.43. The molecule has 2 heterocycles. The van der Waals surface area contributed by atoms with Crippen molar-refractivity contribution in [2.45, 2.75) is 38.5 Å². The third kappa shape index (κ3) is 1.73. The standard InChI is InChI=1S/C13H16N2O2S/c14-12(17)11-8-4-1-2-5-9(8)18-13(11)15-7-3-6-10(15)16/h1-7H2,(H2,14,17). The first-order chi connectivity index (χ1) is 8.68. The Bertz CT molecular complexity index is 521. The molecule has 3 rings (SSSR count). The van der Waals surface area contributed by atoms with Gasteiger partial charge in [-0.25, -0.2) is 0 Å². The van der Waals surface area contributed by atoms with Gasteiger partial charge in [0.2, 0.25) is 5.91 Å². The highest BCUT2D eigenvalue weighted by Gasteiger charge is 2.31. The summed E-state index contributed by atoms with van der Waals surface area (Å²) in [5, 5.41) is 0.803. The molecule has 1 saturated heterocycles. The predicted octanol–water partition coefficient (Wildman–Crippen LogP) is 1.85. The van der Waals surface area contributed by atoms with Gasteiger partial charge >= 0.3 is 0 Å². The fourth-order valence-corrected chi connectivity index (χ4v) is 4.29. The summed E-state index contributed by atoms with van der Waals surface area (Å²) in [6.07, 6.45) is 5.67. The van der Waals surface area contributed by atoms with Crippen LogP contribution in [0.2, 0.25) is 0 Å². The minimum Gasteiger partial charge on any atom is -0.365 e. The Morgan fingerprint density at radius 1 is 1.17 bits per heavy atom. The van der Waals surface area contributed by atoms with E-state index >= 15 is 0 Å². The monoisotopic (exact) mass is 264 g/mol. The zero-order valence-electron chi connectivity index (χ0n) is 10.2. The number of carbonyl (C=O) groups is 2. The van der Waals surface area contributed by atoms with Crippen LogP contribution in [-0.2, 0) is 17.6 Å². The zero-order valence-corrected chi connectivity index (χ0v) is 11.0. The number of nitrogens with two attached hydrogens (primary N) is 1. The van der Waals surface area contributed by atoms with Crippen LogP contribution in [0.25, 0.3) is 0 Å². The number of anilines is 1. The van der Waals surface area contributed by atoms with E-state index in [0.717, 1.165) is 42.8 Å². The van der Waals surface area contributed by atoms with Gasteiger partial charge in [0.05, 0.1) is 5.56 Å². The van der Waals surface area contributed by atoms with E-state index in [1.54, 1.807) is 16.2 Å². The molecule has 2 aliphatic rings. The first-order valence-corrected chi connectivity index (χ1v) is 7.25. The number of hydrogen-bond acceptors (Lipinski definition) is 3. The Morgan fingerprint density at radius 3 is 2.61 bits per heavy atom. The fourth-order valence-electron chi connectivity index (χ4n) is 2.86. The summed E-state index contributed by atoms with van der Waals surface area (Å²) in [6, 6.07) is 0. The lowest BCUT2D eigenvalue weighted by atomic mass is 9.95. The Morgan fingerprint density at radius 2 is 1.94 bits per heavy atom. The van der Waals surface area contributed by atoms with Gasteiger partial charge in [-0.1, -0.05) is 0 Å². The van der Waals surface area contributed by atoms with Gasteiger partial charge in [-0.3, -0.25) is 9.59 Å². The van der Waals surface area contributed by atoms with Crippen molar-refractivity contribution < 1.29 is 9.59 Å². The molecule has 2 amide bonds. The molecule has 0 aromatic carbocycles. The summed E-state index contributed by atoms with van der Waals surface area (Å²) in [5.74, 6) is -0.264. The van der Waals surface area contributed by atoms with Gasteiger partial charge in [-0.15, -0.1) is 11.3 Å². The molecule has 1 aromatic rings. The highest BCUT2D eigenvalue weighted by molar-refractivity contribution is 7.17. The van der Waals surface area contributed by atoms with Gasteiger partial charge in [0.15, 0.2) is 0 Å². The summed E-state index contributed by atoms with van der Waals surface area (Å²) in [4.78, 5) is 26.6. The van der Waals surface area contributed by atoms with Crippen molar-refractivity contribution in [3.63, 3.8) is 0 Å². The SMILES string of the molecule is NC(=O)c1c(N2CCCC2=O)sc2c1CCCC2. The van der Waals surface area contributed by atoms with Crippen LogP contribution in [0.4, 0.5) is 5.00 Å². The van der Waals surface area contributed by atoms with Crippen molar-refractivity contribution in [3.05, 3.63) is 16.0 Å². The third-order valence-electron chi connectivity index (χ3n) is 3.72. The minimum atomic E-state index is -0.385. The van der Waals surface area contributed by atoms with E-state index in [4.69, 9.17) is 5.73 Å². The van der Waals surface area contributed by atoms with E-state index in [1.807, 2.05) is 0 Å². The topological polar surface area (TPSA) is 63.4 Å². The number of amides is 2. The molecule has 18 heavy (non-hydrogen) atoms. The lowest BCUT2D eigenvalue weighted by molar-refractivity contribution is -0.117. The summed E-state index contributed by atoms with van der Waals surface area (Å²) in [7, 11) is 0. The molecule has 1 aliphatic carbocycles. The molecule has 0 bridgehead atoms. The molecule has 4 nitrogen and oxygen atoms in total. The summed E-state index contributed by atoms with van der Waals surface area (Å²) in [6.45, 7) is 0.721. The average molecular weight is 264 g/mol. The van der Waals surface area contributed by atoms with Gasteiger partial charge in [0.1, 0.15) is 5.00 Å². The quantitative estimate of drug-likeness (QED) is 0.886. The van der Waals surface area contributed by atoms with Gasteiger partial charge < -0.3 is 10.6 Å². The maximum Gasteiger partial charge on any atom is 0.252 e. The van der Waals surface area contributed by atoms with E-state index < -0.39 is 0 Å². The summed E-state index contributed by atoms with van der Waals surface area (Å²) in [5.41, 5.74) is 7.25. The highest BCUT2D eigenvalue weighted by Crippen LogP contribution is 2.41. The molecule has 1 fully saturated rings. The van der Waals surface area contributed by atoms with Crippen molar-refractivity contribution in [1.29, 1.82) is 0 Å². The number of primary amides is 1. The van der Waals surface area contributed by atoms with Crippen LogP contribution >= 0.6 is 11.3 Å². The Balaban J connectivity index is 2.10. The van der Waals surface area contributed by atoms with Crippen LogP contribution in [0.3, 0.4) is 0 Å². The molecule has 1 aromatic heterocycles. The number of rotatable bonds is 2. The van der Waals surface area contributed by atoms with Crippen LogP contribution < -0.4 is 10.6 Å². The van der Waals surface area contributed by atoms with Gasteiger partial charge in [-0.05, 0) is 37.7 Å². The number of carbonyl (C=O) groups excluding carboxylic acids is 2. The molecule has 5 heteroatoms. The van der Waals surface area contributed by atoms with Crippen molar-refractivity contribution in [2.24, 2.45) is 5.73 Å². The second-order valence-corrected chi connectivity index (χ2v) is 5.99. The zero-order chi connectivity index (χ0) is 12.7. The smallest absolute Gasteiger partial charge is 0.252 e. The molecular weight excluding hydrogens is 248 g/mol. The molecule has 2 N–H and O–H groups in total. The van der Waals surface area contributed by atoms with E-state index in [2.05, 4.69) is 0 Å². The maximum atomic E-state index is 11.8. The third-order valence-corrected chi connectivity index (χ3v) is 5.03. The van der Waals surface area contributed by atoms with Crippen LogP contribution in [0.1, 0.15) is 46.5 Å². The first kappa shape index (κ1) is 11.7. The summed E-state index contributed by atoms with van der Waals surface area (Å²) < 4.78 is 0. The Kier molecular flexibility index (Phi) is 2.86. The average Bonchev–Trinajstić information content (AvgIpc) is 2.91. The number of nitrogens with zero attached hydrogens (tertiary/aromatic N) is 1. The van der Waals surface area contributed by atoms with E-state index in [1.165, 1.54) is 11.3 Å². The Hall–Kier alpha value is -1.36. The fraction of sp³-hybridized carbons (Fsp3) is 0.538. The molecule has 0 unspecified atom stereocenters. The van der Waals surface area contributed by atoms with Crippen LogP contribution in [0.5, 0.6) is 0 Å². The van der Waals surface area contributed by atoms with E-state index in [9.17, 15) is 9.59 Å². The predicted molar refractivity (Wildman–Crippen MR) is 71.1 cm³/mol. The van der Waals surface area contributed by atoms with Gasteiger partial charge in [-0.2, -0.15) is 0 Å². The maximum absolute atomic E-state index is 11.8. The lowest BCUT2D eigenvalue weighted by Crippen LogP contribution is -2.26. The summed E-state index contributed by atoms with van der Waals surface area (Å²) >= 11 is 1.60. The van der Waals surface area contributed by atoms with E-state index in [-0.39, 0.29) is 11.8 Å². The van der Waals surface area contributed by atoms with E-state index in [0.29, 0.717) is 12.0 Å². The van der Waals surface area contributed by atoms with Crippen LogP contribution in [0, 0.1) is 0 Å². The molecule has 1 aliphatic heterocycles. The second-order valence-electron chi connectivity index (χ2n) is 4.90. The molecule has 0 atom stereocenters. The molecule has 0 saturated carbocycles.